The van der Waals surface area contributed by atoms with E-state index in [9.17, 15) is 4.79 Å². The van der Waals surface area contributed by atoms with Gasteiger partial charge in [0.25, 0.3) is 0 Å². The van der Waals surface area contributed by atoms with E-state index in [0.29, 0.717) is 13.1 Å². The van der Waals surface area contributed by atoms with Crippen molar-refractivity contribution >= 4 is 6.09 Å². The lowest BCUT2D eigenvalue weighted by Crippen LogP contribution is -2.37. The number of amides is 1. The van der Waals surface area contributed by atoms with Crippen LogP contribution in [0.2, 0.25) is 0 Å². The van der Waals surface area contributed by atoms with Gasteiger partial charge < -0.3 is 15.8 Å². The number of ether oxygens (including phenoxy) is 1. The molecule has 1 aromatic carbocycles. The van der Waals surface area contributed by atoms with Crippen LogP contribution in [0.15, 0.2) is 30.3 Å². The monoisotopic (exact) mass is 264 g/mol. The molecule has 0 aromatic heterocycles. The molecule has 3 N–H and O–H groups in total. The predicted molar refractivity (Wildman–Crippen MR) is 76.9 cm³/mol. The summed E-state index contributed by atoms with van der Waals surface area (Å²) in [5.41, 5.74) is 6.50. The number of benzene rings is 1. The first kappa shape index (κ1) is 15.5. The number of nitrogens with two attached hydrogens (primary N) is 1. The van der Waals surface area contributed by atoms with E-state index in [1.54, 1.807) is 0 Å². The molecule has 0 bridgehead atoms. The maximum atomic E-state index is 11.6. The number of rotatable bonds is 5. The molecule has 0 saturated heterocycles. The van der Waals surface area contributed by atoms with E-state index in [-0.39, 0.29) is 12.0 Å². The predicted octanol–water partition coefficient (Wildman–Crippen LogP) is 2.33. The molecular formula is C15H24N2O2. The molecule has 4 nitrogen and oxygen atoms in total. The van der Waals surface area contributed by atoms with E-state index < -0.39 is 5.60 Å². The molecule has 0 saturated carbocycles. The first-order valence-corrected chi connectivity index (χ1v) is 6.61. The Morgan fingerprint density at radius 2 is 1.95 bits per heavy atom. The van der Waals surface area contributed by atoms with Crippen LogP contribution in [0.1, 0.15) is 26.3 Å². The zero-order valence-corrected chi connectivity index (χ0v) is 12.0. The lowest BCUT2D eigenvalue weighted by atomic mass is 9.99. The van der Waals surface area contributed by atoms with E-state index in [4.69, 9.17) is 10.5 Å². The topological polar surface area (TPSA) is 64.3 Å². The molecule has 1 atom stereocenters. The Hall–Kier alpha value is -1.55. The first-order valence-electron chi connectivity index (χ1n) is 6.61. The van der Waals surface area contributed by atoms with Gasteiger partial charge in [0.15, 0.2) is 0 Å². The van der Waals surface area contributed by atoms with Crippen LogP contribution in [-0.4, -0.2) is 24.8 Å². The van der Waals surface area contributed by atoms with Crippen LogP contribution in [0.5, 0.6) is 0 Å². The number of carbonyl (C=O) groups excluding carboxylic acids is 1. The van der Waals surface area contributed by atoms with Gasteiger partial charge >= 0.3 is 6.09 Å². The fraction of sp³-hybridized carbons (Fsp3) is 0.533. The highest BCUT2D eigenvalue weighted by atomic mass is 16.6. The summed E-state index contributed by atoms with van der Waals surface area (Å²) in [5.74, 6) is 0.218. The third-order valence-corrected chi connectivity index (χ3v) is 2.63. The van der Waals surface area contributed by atoms with Crippen molar-refractivity contribution in [2.24, 2.45) is 11.7 Å². The van der Waals surface area contributed by atoms with Gasteiger partial charge in [-0.25, -0.2) is 4.79 Å². The van der Waals surface area contributed by atoms with Crippen LogP contribution in [-0.2, 0) is 11.2 Å². The molecule has 0 fully saturated rings. The average molecular weight is 264 g/mol. The van der Waals surface area contributed by atoms with Crippen molar-refractivity contribution in [2.45, 2.75) is 32.8 Å². The molecule has 0 radical (unpaired) electrons. The number of hydrogen-bond donors (Lipinski definition) is 2. The Bertz CT molecular complexity index is 385. The summed E-state index contributed by atoms with van der Waals surface area (Å²) in [6.07, 6.45) is 0.464. The molecule has 1 amide bonds. The fourth-order valence-corrected chi connectivity index (χ4v) is 1.73. The van der Waals surface area contributed by atoms with Gasteiger partial charge in [-0.1, -0.05) is 30.3 Å². The van der Waals surface area contributed by atoms with Crippen molar-refractivity contribution in [1.29, 1.82) is 0 Å². The van der Waals surface area contributed by atoms with Gasteiger partial charge in [0, 0.05) is 6.54 Å². The van der Waals surface area contributed by atoms with E-state index in [1.807, 2.05) is 39.0 Å². The largest absolute Gasteiger partial charge is 0.444 e. The number of carbonyl (C=O) groups is 1. The minimum Gasteiger partial charge on any atom is -0.444 e. The summed E-state index contributed by atoms with van der Waals surface area (Å²) in [5, 5.41) is 2.77. The summed E-state index contributed by atoms with van der Waals surface area (Å²) in [7, 11) is 0. The van der Waals surface area contributed by atoms with Crippen molar-refractivity contribution < 1.29 is 9.53 Å². The van der Waals surface area contributed by atoms with Gasteiger partial charge in [-0.2, -0.15) is 0 Å². The normalized spacial score (nSPS) is 12.8. The smallest absolute Gasteiger partial charge is 0.407 e. The van der Waals surface area contributed by atoms with Crippen LogP contribution in [0.3, 0.4) is 0 Å². The van der Waals surface area contributed by atoms with Crippen LogP contribution in [0.25, 0.3) is 0 Å². The van der Waals surface area contributed by atoms with Crippen LogP contribution in [0.4, 0.5) is 4.79 Å². The minimum absolute atomic E-state index is 0.218. The fourth-order valence-electron chi connectivity index (χ4n) is 1.73. The average Bonchev–Trinajstić information content (AvgIpc) is 2.33. The highest BCUT2D eigenvalue weighted by Gasteiger charge is 2.17. The number of alkyl carbamates (subject to hydrolysis) is 1. The molecule has 0 aliphatic heterocycles. The highest BCUT2D eigenvalue weighted by molar-refractivity contribution is 5.67. The van der Waals surface area contributed by atoms with Crippen LogP contribution >= 0.6 is 0 Å². The molecule has 0 heterocycles. The van der Waals surface area contributed by atoms with Crippen molar-refractivity contribution in [3.05, 3.63) is 35.9 Å². The van der Waals surface area contributed by atoms with Gasteiger partial charge in [-0.3, -0.25) is 0 Å². The van der Waals surface area contributed by atoms with E-state index >= 15 is 0 Å². The summed E-state index contributed by atoms with van der Waals surface area (Å²) in [6.45, 7) is 6.59. The second-order valence-electron chi connectivity index (χ2n) is 5.67. The van der Waals surface area contributed by atoms with Crippen molar-refractivity contribution in [2.75, 3.05) is 13.1 Å². The molecule has 106 valence electrons. The van der Waals surface area contributed by atoms with E-state index in [2.05, 4.69) is 17.4 Å². The van der Waals surface area contributed by atoms with Crippen molar-refractivity contribution in [3.63, 3.8) is 0 Å². The second-order valence-corrected chi connectivity index (χ2v) is 5.67. The third-order valence-electron chi connectivity index (χ3n) is 2.63. The van der Waals surface area contributed by atoms with Crippen LogP contribution in [0, 0.1) is 5.92 Å². The zero-order valence-electron chi connectivity index (χ0n) is 12.0. The summed E-state index contributed by atoms with van der Waals surface area (Å²) in [6, 6.07) is 10.1. The Kier molecular flexibility index (Phi) is 5.83. The number of hydrogen-bond acceptors (Lipinski definition) is 3. The van der Waals surface area contributed by atoms with Gasteiger partial charge in [-0.15, -0.1) is 0 Å². The molecule has 19 heavy (non-hydrogen) atoms. The van der Waals surface area contributed by atoms with Gasteiger partial charge in [0.05, 0.1) is 0 Å². The Morgan fingerprint density at radius 3 is 2.47 bits per heavy atom. The molecule has 4 heteroatoms. The van der Waals surface area contributed by atoms with Crippen LogP contribution < -0.4 is 11.1 Å². The molecule has 1 rings (SSSR count). The maximum absolute atomic E-state index is 11.6. The minimum atomic E-state index is -0.471. The Morgan fingerprint density at radius 1 is 1.32 bits per heavy atom. The van der Waals surface area contributed by atoms with Gasteiger partial charge in [-0.05, 0) is 45.2 Å². The quantitative estimate of drug-likeness (QED) is 0.858. The summed E-state index contributed by atoms with van der Waals surface area (Å²) in [4.78, 5) is 11.6. The standard InChI is InChI=1S/C15H24N2O2/c1-15(2,3)19-14(18)17-11-13(10-16)9-12-7-5-4-6-8-12/h4-8,13H,9-11,16H2,1-3H3,(H,17,18)/t13-/m1/s1. The van der Waals surface area contributed by atoms with Crippen molar-refractivity contribution in [1.82, 2.24) is 5.32 Å². The molecule has 0 unspecified atom stereocenters. The molecule has 1 aromatic rings. The lowest BCUT2D eigenvalue weighted by Gasteiger charge is -2.21. The molecule has 0 spiro atoms. The second kappa shape index (κ2) is 7.14. The van der Waals surface area contributed by atoms with Gasteiger partial charge in [0.1, 0.15) is 5.60 Å². The van der Waals surface area contributed by atoms with Crippen molar-refractivity contribution in [3.8, 4) is 0 Å². The Labute approximate surface area is 115 Å². The zero-order chi connectivity index (χ0) is 14.3. The SMILES string of the molecule is CC(C)(C)OC(=O)NC[C@@H](CN)Cc1ccccc1. The third kappa shape index (κ3) is 6.82. The maximum Gasteiger partial charge on any atom is 0.407 e. The molecule has 0 aliphatic carbocycles. The first-order chi connectivity index (χ1) is 8.90. The Balaban J connectivity index is 2.39. The lowest BCUT2D eigenvalue weighted by molar-refractivity contribution is 0.0520. The van der Waals surface area contributed by atoms with Gasteiger partial charge in [0.2, 0.25) is 0 Å². The van der Waals surface area contributed by atoms with E-state index in [0.717, 1.165) is 6.42 Å². The van der Waals surface area contributed by atoms with E-state index in [1.165, 1.54) is 5.56 Å². The number of nitrogens with one attached hydrogen (secondary N) is 1. The summed E-state index contributed by atoms with van der Waals surface area (Å²) < 4.78 is 5.19. The highest BCUT2D eigenvalue weighted by Crippen LogP contribution is 2.09. The molecular weight excluding hydrogens is 240 g/mol. The molecule has 0 aliphatic rings. The summed E-state index contributed by atoms with van der Waals surface area (Å²) >= 11 is 0.